The lowest BCUT2D eigenvalue weighted by molar-refractivity contribution is 0.249. The quantitative estimate of drug-likeness (QED) is 0.499. The summed E-state index contributed by atoms with van der Waals surface area (Å²) >= 11 is 0. The minimum atomic E-state index is -0.231. The highest BCUT2D eigenvalue weighted by Crippen LogP contribution is 2.34. The second-order valence-electron chi connectivity index (χ2n) is 7.84. The van der Waals surface area contributed by atoms with Crippen LogP contribution < -0.4 is 0 Å². The van der Waals surface area contributed by atoms with Gasteiger partial charge in [0.25, 0.3) is 0 Å². The number of rotatable bonds is 8. The maximum absolute atomic E-state index is 13.0. The molecule has 1 aliphatic rings. The Morgan fingerprint density at radius 3 is 2.12 bits per heavy atom. The van der Waals surface area contributed by atoms with Crippen molar-refractivity contribution in [2.45, 2.75) is 71.1 Å². The van der Waals surface area contributed by atoms with Crippen molar-refractivity contribution in [1.82, 2.24) is 9.97 Å². The van der Waals surface area contributed by atoms with Gasteiger partial charge in [-0.15, -0.1) is 0 Å². The van der Waals surface area contributed by atoms with E-state index in [0.29, 0.717) is 5.82 Å². The lowest BCUT2D eigenvalue weighted by Gasteiger charge is -2.28. The van der Waals surface area contributed by atoms with E-state index in [9.17, 15) is 4.39 Å². The van der Waals surface area contributed by atoms with Crippen LogP contribution >= 0.6 is 0 Å². The van der Waals surface area contributed by atoms with Gasteiger partial charge < -0.3 is 0 Å². The standard InChI is InChI=1S/C23H31FN2/c1-2-3-4-5-18-6-8-19(9-7-18)10-11-20-16-25-23(26-17-20)21-12-14-22(24)15-13-21/h12-19H,2-11H2,1H3/t18-,19-. The first-order chi connectivity index (χ1) is 12.7. The SMILES string of the molecule is CCCCC[C@H]1CC[C@H](CCc2cnc(-c3ccc(F)cc3)nc2)CC1. The Hall–Kier alpha value is -1.77. The highest BCUT2D eigenvalue weighted by atomic mass is 19.1. The molecule has 1 aliphatic carbocycles. The summed E-state index contributed by atoms with van der Waals surface area (Å²) in [5.74, 6) is 2.29. The zero-order valence-electron chi connectivity index (χ0n) is 16.0. The van der Waals surface area contributed by atoms with Crippen LogP contribution in [0, 0.1) is 17.7 Å². The van der Waals surface area contributed by atoms with Gasteiger partial charge in [0.05, 0.1) is 0 Å². The van der Waals surface area contributed by atoms with Crippen LogP contribution in [0.2, 0.25) is 0 Å². The molecule has 0 unspecified atom stereocenters. The van der Waals surface area contributed by atoms with E-state index in [4.69, 9.17) is 0 Å². The van der Waals surface area contributed by atoms with Gasteiger partial charge in [0.2, 0.25) is 0 Å². The van der Waals surface area contributed by atoms with Gasteiger partial charge in [-0.3, -0.25) is 0 Å². The smallest absolute Gasteiger partial charge is 0.159 e. The van der Waals surface area contributed by atoms with Crippen molar-refractivity contribution in [2.24, 2.45) is 11.8 Å². The summed E-state index contributed by atoms with van der Waals surface area (Å²) in [6.45, 7) is 2.28. The number of aromatic nitrogens is 2. The van der Waals surface area contributed by atoms with E-state index in [2.05, 4.69) is 16.9 Å². The average Bonchev–Trinajstić information content (AvgIpc) is 2.69. The molecular formula is C23H31FN2. The summed E-state index contributed by atoms with van der Waals surface area (Å²) in [6, 6.07) is 6.35. The topological polar surface area (TPSA) is 25.8 Å². The molecule has 1 saturated carbocycles. The van der Waals surface area contributed by atoms with Gasteiger partial charge in [0.1, 0.15) is 5.82 Å². The summed E-state index contributed by atoms with van der Waals surface area (Å²) in [5, 5.41) is 0. The Labute approximate surface area is 157 Å². The van der Waals surface area contributed by atoms with Crippen molar-refractivity contribution in [1.29, 1.82) is 0 Å². The number of hydrogen-bond donors (Lipinski definition) is 0. The van der Waals surface area contributed by atoms with E-state index in [1.165, 1.54) is 75.5 Å². The Balaban J connectivity index is 1.42. The molecule has 1 aromatic heterocycles. The predicted octanol–water partition coefficient (Wildman–Crippen LogP) is 6.60. The van der Waals surface area contributed by atoms with E-state index >= 15 is 0 Å². The molecule has 3 rings (SSSR count). The van der Waals surface area contributed by atoms with Crippen LogP contribution in [0.4, 0.5) is 4.39 Å². The maximum atomic E-state index is 13.0. The number of hydrogen-bond acceptors (Lipinski definition) is 2. The molecular weight excluding hydrogens is 323 g/mol. The van der Waals surface area contributed by atoms with Gasteiger partial charge in [0.15, 0.2) is 5.82 Å². The van der Waals surface area contributed by atoms with Crippen molar-refractivity contribution >= 4 is 0 Å². The van der Waals surface area contributed by atoms with Crippen LogP contribution in [0.25, 0.3) is 11.4 Å². The van der Waals surface area contributed by atoms with Crippen LogP contribution in [0.3, 0.4) is 0 Å². The first-order valence-electron chi connectivity index (χ1n) is 10.3. The third-order valence-corrected chi connectivity index (χ3v) is 5.83. The molecule has 1 heterocycles. The molecule has 0 aliphatic heterocycles. The van der Waals surface area contributed by atoms with Crippen LogP contribution in [0.15, 0.2) is 36.7 Å². The Kier molecular flexibility index (Phi) is 7.16. The highest BCUT2D eigenvalue weighted by molar-refractivity contribution is 5.54. The van der Waals surface area contributed by atoms with E-state index in [1.807, 2.05) is 12.4 Å². The summed E-state index contributed by atoms with van der Waals surface area (Å²) in [6.07, 6.45) is 17.4. The van der Waals surface area contributed by atoms with Crippen LogP contribution in [0.5, 0.6) is 0 Å². The first kappa shape index (κ1) is 19.0. The van der Waals surface area contributed by atoms with Crippen LogP contribution in [0.1, 0.15) is 70.3 Å². The van der Waals surface area contributed by atoms with Gasteiger partial charge >= 0.3 is 0 Å². The van der Waals surface area contributed by atoms with Crippen molar-refractivity contribution in [3.05, 3.63) is 48.0 Å². The van der Waals surface area contributed by atoms with Crippen molar-refractivity contribution in [3.63, 3.8) is 0 Å². The lowest BCUT2D eigenvalue weighted by atomic mass is 9.78. The first-order valence-corrected chi connectivity index (χ1v) is 10.3. The molecule has 0 atom stereocenters. The zero-order chi connectivity index (χ0) is 18.2. The second kappa shape index (κ2) is 9.80. The fraction of sp³-hybridized carbons (Fsp3) is 0.565. The normalized spacial score (nSPS) is 20.2. The summed E-state index contributed by atoms with van der Waals surface area (Å²) in [7, 11) is 0. The number of aryl methyl sites for hydroxylation is 1. The third kappa shape index (κ3) is 5.62. The van der Waals surface area contributed by atoms with Crippen molar-refractivity contribution in [2.75, 3.05) is 0 Å². The fourth-order valence-electron chi connectivity index (χ4n) is 4.09. The predicted molar refractivity (Wildman–Crippen MR) is 105 cm³/mol. The van der Waals surface area contributed by atoms with Gasteiger partial charge in [-0.25, -0.2) is 14.4 Å². The molecule has 0 bridgehead atoms. The average molecular weight is 355 g/mol. The molecule has 0 radical (unpaired) electrons. The van der Waals surface area contributed by atoms with Crippen LogP contribution in [-0.4, -0.2) is 9.97 Å². The van der Waals surface area contributed by atoms with Gasteiger partial charge in [0, 0.05) is 18.0 Å². The largest absolute Gasteiger partial charge is 0.236 e. The lowest BCUT2D eigenvalue weighted by Crippen LogP contribution is -2.15. The maximum Gasteiger partial charge on any atom is 0.159 e. The fourth-order valence-corrected chi connectivity index (χ4v) is 4.09. The molecule has 0 saturated heterocycles. The minimum absolute atomic E-state index is 0.231. The number of unbranched alkanes of at least 4 members (excludes halogenated alkanes) is 2. The van der Waals surface area contributed by atoms with Crippen LogP contribution in [-0.2, 0) is 6.42 Å². The molecule has 140 valence electrons. The van der Waals surface area contributed by atoms with Crippen molar-refractivity contribution in [3.8, 4) is 11.4 Å². The van der Waals surface area contributed by atoms with E-state index in [1.54, 1.807) is 12.1 Å². The van der Waals surface area contributed by atoms with Gasteiger partial charge in [-0.2, -0.15) is 0 Å². The van der Waals surface area contributed by atoms with Gasteiger partial charge in [-0.05, 0) is 54.5 Å². The van der Waals surface area contributed by atoms with E-state index in [-0.39, 0.29) is 5.82 Å². The highest BCUT2D eigenvalue weighted by Gasteiger charge is 2.20. The van der Waals surface area contributed by atoms with E-state index < -0.39 is 0 Å². The summed E-state index contributed by atoms with van der Waals surface area (Å²) in [4.78, 5) is 8.93. The molecule has 1 aromatic carbocycles. The second-order valence-corrected chi connectivity index (χ2v) is 7.84. The minimum Gasteiger partial charge on any atom is -0.236 e. The number of nitrogens with zero attached hydrogens (tertiary/aromatic N) is 2. The third-order valence-electron chi connectivity index (χ3n) is 5.83. The zero-order valence-corrected chi connectivity index (χ0v) is 16.0. The Morgan fingerprint density at radius 2 is 1.50 bits per heavy atom. The van der Waals surface area contributed by atoms with E-state index in [0.717, 1.165) is 23.8 Å². The molecule has 1 fully saturated rings. The molecule has 0 N–H and O–H groups in total. The Morgan fingerprint density at radius 1 is 0.885 bits per heavy atom. The molecule has 26 heavy (non-hydrogen) atoms. The number of benzene rings is 1. The van der Waals surface area contributed by atoms with Crippen molar-refractivity contribution < 1.29 is 4.39 Å². The number of halogens is 1. The molecule has 2 aromatic rings. The molecule has 2 nitrogen and oxygen atoms in total. The molecule has 0 amide bonds. The summed E-state index contributed by atoms with van der Waals surface area (Å²) < 4.78 is 13.0. The summed E-state index contributed by atoms with van der Waals surface area (Å²) in [5.41, 5.74) is 2.07. The molecule has 0 spiro atoms. The Bertz CT molecular complexity index is 643. The molecule has 3 heteroatoms. The monoisotopic (exact) mass is 354 g/mol. The van der Waals surface area contributed by atoms with Gasteiger partial charge in [-0.1, -0.05) is 58.3 Å².